The number of rotatable bonds is 4. The van der Waals surface area contributed by atoms with E-state index in [0.717, 1.165) is 6.42 Å². The molecule has 1 N–H and O–H groups in total. The third-order valence-electron chi connectivity index (χ3n) is 1.62. The van der Waals surface area contributed by atoms with Crippen LogP contribution in [0, 0.1) is 0 Å². The highest BCUT2D eigenvalue weighted by Gasteiger charge is 2.00. The van der Waals surface area contributed by atoms with Gasteiger partial charge in [-0.2, -0.15) is 0 Å². The van der Waals surface area contributed by atoms with Crippen molar-refractivity contribution in [2.45, 2.75) is 32.9 Å². The van der Waals surface area contributed by atoms with Crippen molar-refractivity contribution in [3.05, 3.63) is 12.3 Å². The van der Waals surface area contributed by atoms with Gasteiger partial charge in [0, 0.05) is 6.04 Å². The molecule has 4 heteroatoms. The standard InChI is InChI=1S/C7H13N3O/c1-3-6(2)8-4-7-10-9-5-11-7/h5-6,8H,3-4H2,1-2H3. The molecule has 4 nitrogen and oxygen atoms in total. The van der Waals surface area contributed by atoms with Crippen LogP contribution in [0.3, 0.4) is 0 Å². The lowest BCUT2D eigenvalue weighted by atomic mass is 10.3. The van der Waals surface area contributed by atoms with E-state index in [4.69, 9.17) is 4.42 Å². The van der Waals surface area contributed by atoms with Gasteiger partial charge in [0.05, 0.1) is 6.54 Å². The van der Waals surface area contributed by atoms with Crippen molar-refractivity contribution in [3.8, 4) is 0 Å². The maximum atomic E-state index is 4.94. The first kappa shape index (κ1) is 8.20. The van der Waals surface area contributed by atoms with Gasteiger partial charge >= 0.3 is 0 Å². The second kappa shape index (κ2) is 4.08. The van der Waals surface area contributed by atoms with Crippen molar-refractivity contribution < 1.29 is 4.42 Å². The van der Waals surface area contributed by atoms with E-state index in [1.54, 1.807) is 0 Å². The van der Waals surface area contributed by atoms with E-state index < -0.39 is 0 Å². The van der Waals surface area contributed by atoms with Crippen LogP contribution in [0.2, 0.25) is 0 Å². The number of hydrogen-bond donors (Lipinski definition) is 1. The Labute approximate surface area is 66.0 Å². The molecule has 1 atom stereocenters. The molecule has 1 aromatic rings. The van der Waals surface area contributed by atoms with Gasteiger partial charge in [0.2, 0.25) is 12.3 Å². The predicted octanol–water partition coefficient (Wildman–Crippen LogP) is 0.958. The summed E-state index contributed by atoms with van der Waals surface area (Å²) in [6, 6.07) is 0.502. The Bertz CT molecular complexity index is 186. The van der Waals surface area contributed by atoms with Crippen molar-refractivity contribution in [2.24, 2.45) is 0 Å². The van der Waals surface area contributed by atoms with Crippen LogP contribution in [-0.2, 0) is 6.54 Å². The zero-order chi connectivity index (χ0) is 8.10. The van der Waals surface area contributed by atoms with Crippen LogP contribution in [0.4, 0.5) is 0 Å². The van der Waals surface area contributed by atoms with Crippen LogP contribution in [0.1, 0.15) is 26.2 Å². The van der Waals surface area contributed by atoms with E-state index in [1.165, 1.54) is 6.39 Å². The summed E-state index contributed by atoms with van der Waals surface area (Å²) in [7, 11) is 0. The maximum absolute atomic E-state index is 4.94. The molecule has 0 bridgehead atoms. The molecule has 0 radical (unpaired) electrons. The van der Waals surface area contributed by atoms with Crippen LogP contribution in [-0.4, -0.2) is 16.2 Å². The fourth-order valence-corrected chi connectivity index (χ4v) is 0.679. The molecule has 0 aliphatic heterocycles. The van der Waals surface area contributed by atoms with Gasteiger partial charge in [0.15, 0.2) is 0 Å². The zero-order valence-corrected chi connectivity index (χ0v) is 6.87. The lowest BCUT2D eigenvalue weighted by molar-refractivity contribution is 0.437. The minimum absolute atomic E-state index is 0.502. The average Bonchev–Trinajstić information content (AvgIpc) is 2.52. The van der Waals surface area contributed by atoms with Gasteiger partial charge in [-0.3, -0.25) is 0 Å². The third kappa shape index (κ3) is 2.67. The number of nitrogens with zero attached hydrogens (tertiary/aromatic N) is 2. The molecule has 0 spiro atoms. The van der Waals surface area contributed by atoms with Crippen LogP contribution in [0.5, 0.6) is 0 Å². The third-order valence-corrected chi connectivity index (χ3v) is 1.62. The lowest BCUT2D eigenvalue weighted by Gasteiger charge is -2.07. The summed E-state index contributed by atoms with van der Waals surface area (Å²) in [6.07, 6.45) is 2.45. The summed E-state index contributed by atoms with van der Waals surface area (Å²) in [4.78, 5) is 0. The van der Waals surface area contributed by atoms with Gasteiger partial charge in [-0.1, -0.05) is 6.92 Å². The molecule has 1 unspecified atom stereocenters. The van der Waals surface area contributed by atoms with Gasteiger partial charge in [0.1, 0.15) is 0 Å². The van der Waals surface area contributed by atoms with Crippen molar-refractivity contribution in [1.29, 1.82) is 0 Å². The van der Waals surface area contributed by atoms with Gasteiger partial charge in [-0.05, 0) is 13.3 Å². The van der Waals surface area contributed by atoms with E-state index in [-0.39, 0.29) is 0 Å². The molecule has 1 heterocycles. The van der Waals surface area contributed by atoms with Gasteiger partial charge in [-0.25, -0.2) is 0 Å². The summed E-state index contributed by atoms with van der Waals surface area (Å²) in [6.45, 7) is 4.91. The van der Waals surface area contributed by atoms with E-state index in [2.05, 4.69) is 29.4 Å². The highest BCUT2D eigenvalue weighted by Crippen LogP contribution is 1.93. The number of hydrogen-bond acceptors (Lipinski definition) is 4. The molecule has 62 valence electrons. The normalized spacial score (nSPS) is 13.3. The second-order valence-electron chi connectivity index (χ2n) is 2.52. The van der Waals surface area contributed by atoms with Crippen LogP contribution in [0.15, 0.2) is 10.8 Å². The Hall–Kier alpha value is -0.900. The minimum atomic E-state index is 0.502. The predicted molar refractivity (Wildman–Crippen MR) is 40.9 cm³/mol. The lowest BCUT2D eigenvalue weighted by Crippen LogP contribution is -2.24. The van der Waals surface area contributed by atoms with Crippen molar-refractivity contribution >= 4 is 0 Å². The molecular formula is C7H13N3O. The molecule has 11 heavy (non-hydrogen) atoms. The Morgan fingerprint density at radius 2 is 2.55 bits per heavy atom. The number of nitrogens with one attached hydrogen (secondary N) is 1. The van der Waals surface area contributed by atoms with Crippen LogP contribution >= 0.6 is 0 Å². The number of aromatic nitrogens is 2. The molecular weight excluding hydrogens is 142 g/mol. The van der Waals surface area contributed by atoms with Gasteiger partial charge in [-0.15, -0.1) is 10.2 Å². The Morgan fingerprint density at radius 1 is 1.73 bits per heavy atom. The SMILES string of the molecule is CCC(C)NCc1nnco1. The first-order valence-corrected chi connectivity index (χ1v) is 3.81. The Kier molecular flexibility index (Phi) is 3.04. The summed E-state index contributed by atoms with van der Waals surface area (Å²) in [5.41, 5.74) is 0. The largest absolute Gasteiger partial charge is 0.427 e. The van der Waals surface area contributed by atoms with E-state index in [9.17, 15) is 0 Å². The monoisotopic (exact) mass is 155 g/mol. The maximum Gasteiger partial charge on any atom is 0.229 e. The summed E-state index contributed by atoms with van der Waals surface area (Å²) in [5, 5.41) is 10.6. The van der Waals surface area contributed by atoms with Crippen molar-refractivity contribution in [2.75, 3.05) is 0 Å². The quantitative estimate of drug-likeness (QED) is 0.703. The van der Waals surface area contributed by atoms with Crippen molar-refractivity contribution in [3.63, 3.8) is 0 Å². The summed E-state index contributed by atoms with van der Waals surface area (Å²) in [5.74, 6) is 0.644. The second-order valence-corrected chi connectivity index (χ2v) is 2.52. The smallest absolute Gasteiger partial charge is 0.229 e. The molecule has 0 amide bonds. The molecule has 0 aliphatic carbocycles. The average molecular weight is 155 g/mol. The molecule has 0 saturated carbocycles. The first-order valence-electron chi connectivity index (χ1n) is 3.81. The molecule has 0 aliphatic rings. The molecule has 0 saturated heterocycles. The highest BCUT2D eigenvalue weighted by molar-refractivity contribution is 4.72. The van der Waals surface area contributed by atoms with Gasteiger partial charge < -0.3 is 9.73 Å². The summed E-state index contributed by atoms with van der Waals surface area (Å²) < 4.78 is 4.94. The molecule has 0 fully saturated rings. The van der Waals surface area contributed by atoms with Gasteiger partial charge in [0.25, 0.3) is 0 Å². The highest BCUT2D eigenvalue weighted by atomic mass is 16.4. The topological polar surface area (TPSA) is 51.0 Å². The Morgan fingerprint density at radius 3 is 3.09 bits per heavy atom. The molecule has 1 rings (SSSR count). The van der Waals surface area contributed by atoms with Crippen molar-refractivity contribution in [1.82, 2.24) is 15.5 Å². The molecule has 0 aromatic carbocycles. The van der Waals surface area contributed by atoms with Crippen LogP contribution in [0.25, 0.3) is 0 Å². The first-order chi connectivity index (χ1) is 5.33. The van der Waals surface area contributed by atoms with E-state index in [0.29, 0.717) is 18.5 Å². The fraction of sp³-hybridized carbons (Fsp3) is 0.714. The van der Waals surface area contributed by atoms with E-state index >= 15 is 0 Å². The van der Waals surface area contributed by atoms with Crippen LogP contribution < -0.4 is 5.32 Å². The molecule has 1 aromatic heterocycles. The Balaban J connectivity index is 2.23. The van der Waals surface area contributed by atoms with E-state index in [1.807, 2.05) is 0 Å². The summed E-state index contributed by atoms with van der Waals surface area (Å²) >= 11 is 0. The fourth-order valence-electron chi connectivity index (χ4n) is 0.679. The zero-order valence-electron chi connectivity index (χ0n) is 6.87. The minimum Gasteiger partial charge on any atom is -0.427 e.